The summed E-state index contributed by atoms with van der Waals surface area (Å²) in [5, 5.41) is 15.4. The van der Waals surface area contributed by atoms with Crippen LogP contribution in [-0.2, 0) is 0 Å². The van der Waals surface area contributed by atoms with Crippen LogP contribution in [0, 0.1) is 10.1 Å². The topological polar surface area (TPSA) is 71.0 Å². The molecule has 0 aliphatic heterocycles. The lowest BCUT2D eigenvalue weighted by Gasteiger charge is -2.22. The average molecular weight is 285 g/mol. The number of H-pyrrole nitrogens is 1. The highest BCUT2D eigenvalue weighted by molar-refractivity contribution is 5.94. The molecule has 0 saturated heterocycles. The number of hydrogen-bond donors (Lipinski definition) is 2. The molecule has 5 heteroatoms. The van der Waals surface area contributed by atoms with Crippen molar-refractivity contribution in [1.29, 1.82) is 0 Å². The summed E-state index contributed by atoms with van der Waals surface area (Å²) in [7, 11) is 0. The van der Waals surface area contributed by atoms with Gasteiger partial charge in [0.25, 0.3) is 5.69 Å². The lowest BCUT2D eigenvalue weighted by molar-refractivity contribution is -0.384. The van der Waals surface area contributed by atoms with Crippen molar-refractivity contribution in [2.45, 2.75) is 32.2 Å². The third-order valence-corrected chi connectivity index (χ3v) is 4.13. The van der Waals surface area contributed by atoms with E-state index >= 15 is 0 Å². The Morgan fingerprint density at radius 1 is 1.48 bits per heavy atom. The Morgan fingerprint density at radius 2 is 2.33 bits per heavy atom. The Kier molecular flexibility index (Phi) is 3.75. The normalized spacial score (nSPS) is 18.7. The smallest absolute Gasteiger partial charge is 0.270 e. The lowest BCUT2D eigenvalue weighted by Crippen LogP contribution is -2.29. The summed E-state index contributed by atoms with van der Waals surface area (Å²) in [6, 6.07) is 5.54. The molecule has 1 atom stereocenters. The number of rotatable bonds is 4. The van der Waals surface area contributed by atoms with Crippen molar-refractivity contribution in [1.82, 2.24) is 10.3 Å². The molecule has 2 aromatic rings. The molecule has 1 aliphatic rings. The number of aromatic amines is 1. The van der Waals surface area contributed by atoms with Gasteiger partial charge in [0.2, 0.25) is 0 Å². The minimum Gasteiger partial charge on any atom is -0.361 e. The predicted octanol–water partition coefficient (Wildman–Crippen LogP) is 3.62. The van der Waals surface area contributed by atoms with Crippen molar-refractivity contribution >= 4 is 22.2 Å². The number of fused-ring (bicyclic) bond motifs is 1. The molecule has 0 radical (unpaired) electrons. The van der Waals surface area contributed by atoms with Gasteiger partial charge in [0.15, 0.2) is 0 Å². The van der Waals surface area contributed by atoms with Crippen LogP contribution in [-0.4, -0.2) is 22.5 Å². The van der Waals surface area contributed by atoms with Gasteiger partial charge in [0.05, 0.1) is 4.92 Å². The van der Waals surface area contributed by atoms with Crippen LogP contribution in [0.5, 0.6) is 0 Å². The highest BCUT2D eigenvalue weighted by atomic mass is 16.6. The fraction of sp³-hybridized carbons (Fsp3) is 0.375. The fourth-order valence-electron chi connectivity index (χ4n) is 3.04. The monoisotopic (exact) mass is 285 g/mol. The van der Waals surface area contributed by atoms with Crippen LogP contribution in [0.1, 0.15) is 31.7 Å². The van der Waals surface area contributed by atoms with Gasteiger partial charge < -0.3 is 10.3 Å². The molecule has 1 aliphatic carbocycles. The van der Waals surface area contributed by atoms with E-state index in [0.717, 1.165) is 42.3 Å². The predicted molar refractivity (Wildman–Crippen MR) is 84.2 cm³/mol. The van der Waals surface area contributed by atoms with Gasteiger partial charge in [-0.3, -0.25) is 10.1 Å². The minimum absolute atomic E-state index is 0.144. The second-order valence-corrected chi connectivity index (χ2v) is 5.45. The van der Waals surface area contributed by atoms with E-state index in [1.165, 1.54) is 5.57 Å². The third-order valence-electron chi connectivity index (χ3n) is 4.13. The summed E-state index contributed by atoms with van der Waals surface area (Å²) in [5.41, 5.74) is 3.48. The molecule has 5 nitrogen and oxygen atoms in total. The lowest BCUT2D eigenvalue weighted by atomic mass is 9.90. The molecule has 1 unspecified atom stereocenters. The summed E-state index contributed by atoms with van der Waals surface area (Å²) < 4.78 is 0. The van der Waals surface area contributed by atoms with Crippen molar-refractivity contribution in [3.8, 4) is 0 Å². The van der Waals surface area contributed by atoms with E-state index in [4.69, 9.17) is 0 Å². The van der Waals surface area contributed by atoms with Crippen LogP contribution in [0.2, 0.25) is 0 Å². The van der Waals surface area contributed by atoms with Crippen molar-refractivity contribution in [2.75, 3.05) is 6.54 Å². The van der Waals surface area contributed by atoms with Gasteiger partial charge in [-0.05, 0) is 37.4 Å². The second kappa shape index (κ2) is 5.69. The molecule has 110 valence electrons. The number of nitrogens with zero attached hydrogens (tertiary/aromatic N) is 1. The Hall–Kier alpha value is -2.14. The van der Waals surface area contributed by atoms with Gasteiger partial charge in [-0.25, -0.2) is 0 Å². The van der Waals surface area contributed by atoms with Gasteiger partial charge in [-0.15, -0.1) is 0 Å². The molecule has 3 rings (SSSR count). The van der Waals surface area contributed by atoms with Crippen LogP contribution < -0.4 is 5.32 Å². The molecule has 0 spiro atoms. The molecular weight excluding hydrogens is 266 g/mol. The van der Waals surface area contributed by atoms with E-state index in [0.29, 0.717) is 6.04 Å². The molecule has 0 saturated carbocycles. The minimum atomic E-state index is -0.341. The summed E-state index contributed by atoms with van der Waals surface area (Å²) in [6.45, 7) is 3.12. The van der Waals surface area contributed by atoms with Crippen LogP contribution in [0.4, 0.5) is 5.69 Å². The number of nitrogens with one attached hydrogen (secondary N) is 2. The highest BCUT2D eigenvalue weighted by Gasteiger charge is 2.18. The summed E-state index contributed by atoms with van der Waals surface area (Å²) in [6.07, 6.45) is 7.37. The molecule has 21 heavy (non-hydrogen) atoms. The Balaban J connectivity index is 1.94. The van der Waals surface area contributed by atoms with E-state index < -0.39 is 0 Å². The van der Waals surface area contributed by atoms with Gasteiger partial charge in [-0.2, -0.15) is 0 Å². The quantitative estimate of drug-likeness (QED) is 0.665. The van der Waals surface area contributed by atoms with E-state index in [1.54, 1.807) is 18.2 Å². The fourth-order valence-corrected chi connectivity index (χ4v) is 3.04. The molecule has 1 aromatic carbocycles. The largest absolute Gasteiger partial charge is 0.361 e. The van der Waals surface area contributed by atoms with E-state index in [-0.39, 0.29) is 10.6 Å². The molecule has 1 aromatic heterocycles. The number of allylic oxidation sites excluding steroid dienone is 1. The summed E-state index contributed by atoms with van der Waals surface area (Å²) in [4.78, 5) is 13.8. The zero-order chi connectivity index (χ0) is 14.8. The first-order valence-electron chi connectivity index (χ1n) is 7.37. The van der Waals surface area contributed by atoms with Gasteiger partial charge in [0.1, 0.15) is 0 Å². The number of benzene rings is 1. The standard InChI is InChI=1S/C16H19N3O2/c1-2-17-12-5-3-11(4-6-12)15-10-18-16-8-7-13(19(20)21)9-14(15)16/h3,7-10,12,17-18H,2,4-6H2,1H3. The molecule has 0 bridgehead atoms. The van der Waals surface area contributed by atoms with Crippen molar-refractivity contribution in [3.05, 3.63) is 46.1 Å². The van der Waals surface area contributed by atoms with Crippen LogP contribution in [0.15, 0.2) is 30.5 Å². The Morgan fingerprint density at radius 3 is 3.00 bits per heavy atom. The van der Waals surface area contributed by atoms with Crippen LogP contribution in [0.25, 0.3) is 16.5 Å². The van der Waals surface area contributed by atoms with Crippen molar-refractivity contribution < 1.29 is 4.92 Å². The maximum absolute atomic E-state index is 10.9. The van der Waals surface area contributed by atoms with E-state index in [1.807, 2.05) is 6.20 Å². The average Bonchev–Trinajstić information content (AvgIpc) is 2.91. The number of hydrogen-bond acceptors (Lipinski definition) is 3. The van der Waals surface area contributed by atoms with Gasteiger partial charge in [0, 0.05) is 40.8 Å². The summed E-state index contributed by atoms with van der Waals surface area (Å²) in [5.74, 6) is 0. The highest BCUT2D eigenvalue weighted by Crippen LogP contribution is 2.33. The van der Waals surface area contributed by atoms with Crippen LogP contribution >= 0.6 is 0 Å². The molecule has 1 heterocycles. The first-order chi connectivity index (χ1) is 10.2. The van der Waals surface area contributed by atoms with Crippen LogP contribution in [0.3, 0.4) is 0 Å². The molecule has 0 amide bonds. The molecule has 2 N–H and O–H groups in total. The van der Waals surface area contributed by atoms with Crippen molar-refractivity contribution in [3.63, 3.8) is 0 Å². The third kappa shape index (κ3) is 2.69. The number of non-ortho nitro benzene ring substituents is 1. The SMILES string of the molecule is CCNC1CC=C(c2c[nH]c3ccc([N+](=O)[O-])cc23)CC1. The van der Waals surface area contributed by atoms with E-state index in [9.17, 15) is 10.1 Å². The van der Waals surface area contributed by atoms with Crippen molar-refractivity contribution in [2.24, 2.45) is 0 Å². The number of nitro benzene ring substituents is 1. The zero-order valence-electron chi connectivity index (χ0n) is 12.1. The Labute approximate surface area is 123 Å². The van der Waals surface area contributed by atoms with Gasteiger partial charge >= 0.3 is 0 Å². The first-order valence-corrected chi connectivity index (χ1v) is 7.37. The van der Waals surface area contributed by atoms with E-state index in [2.05, 4.69) is 23.3 Å². The van der Waals surface area contributed by atoms with Gasteiger partial charge in [-0.1, -0.05) is 13.0 Å². The second-order valence-electron chi connectivity index (χ2n) is 5.45. The number of nitro groups is 1. The molecular formula is C16H19N3O2. The number of aromatic nitrogens is 1. The molecule has 0 fully saturated rings. The maximum atomic E-state index is 10.9. The zero-order valence-corrected chi connectivity index (χ0v) is 12.1. The Bertz CT molecular complexity index is 703. The summed E-state index contributed by atoms with van der Waals surface area (Å²) >= 11 is 0. The maximum Gasteiger partial charge on any atom is 0.270 e. The first kappa shape index (κ1) is 13.8.